The van der Waals surface area contributed by atoms with E-state index >= 15 is 0 Å². The van der Waals surface area contributed by atoms with Crippen LogP contribution in [0.5, 0.6) is 0 Å². The van der Waals surface area contributed by atoms with Gasteiger partial charge in [0.2, 0.25) is 0 Å². The van der Waals surface area contributed by atoms with Gasteiger partial charge in [-0.3, -0.25) is 4.79 Å². The topological polar surface area (TPSA) is 79.8 Å². The van der Waals surface area contributed by atoms with Crippen molar-refractivity contribution < 1.29 is 4.79 Å². The van der Waals surface area contributed by atoms with E-state index in [4.69, 9.17) is 0 Å². The molecule has 0 aliphatic heterocycles. The molecule has 0 saturated carbocycles. The molecule has 0 spiro atoms. The van der Waals surface area contributed by atoms with Crippen molar-refractivity contribution in [2.75, 3.05) is 17.2 Å². The molecule has 2 aromatic heterocycles. The molecule has 0 saturated heterocycles. The summed E-state index contributed by atoms with van der Waals surface area (Å²) in [5.74, 6) is 0.486. The summed E-state index contributed by atoms with van der Waals surface area (Å²) in [6, 6.07) is 3.36. The lowest BCUT2D eigenvalue weighted by Gasteiger charge is -2.05. The van der Waals surface area contributed by atoms with Gasteiger partial charge in [-0.15, -0.1) is 5.10 Å². The first kappa shape index (κ1) is 11.5. The van der Waals surface area contributed by atoms with Gasteiger partial charge in [-0.25, -0.2) is 4.98 Å². The molecule has 88 valence electrons. The van der Waals surface area contributed by atoms with E-state index in [9.17, 15) is 4.79 Å². The van der Waals surface area contributed by atoms with E-state index in [2.05, 4.69) is 25.2 Å². The number of nitrogens with zero attached hydrogens (tertiary/aromatic N) is 3. The first-order chi connectivity index (χ1) is 8.29. The first-order valence-electron chi connectivity index (χ1n) is 5.08. The molecule has 0 aromatic carbocycles. The molecule has 1 amide bonds. The monoisotopic (exact) mass is 249 g/mol. The van der Waals surface area contributed by atoms with Crippen LogP contribution < -0.4 is 10.6 Å². The Bertz CT molecular complexity index is 499. The minimum Gasteiger partial charge on any atom is -0.370 e. The van der Waals surface area contributed by atoms with Crippen LogP contribution in [0, 0.1) is 0 Å². The zero-order valence-electron chi connectivity index (χ0n) is 9.17. The maximum Gasteiger partial charge on any atom is 0.256 e. The number of carbonyl (C=O) groups excluding carboxylic acids is 1. The highest BCUT2D eigenvalue weighted by molar-refractivity contribution is 7.10. The van der Waals surface area contributed by atoms with E-state index in [1.165, 1.54) is 6.20 Å². The van der Waals surface area contributed by atoms with Crippen molar-refractivity contribution in [1.82, 2.24) is 14.6 Å². The van der Waals surface area contributed by atoms with Crippen molar-refractivity contribution in [3.8, 4) is 0 Å². The van der Waals surface area contributed by atoms with Crippen molar-refractivity contribution >= 4 is 28.3 Å². The van der Waals surface area contributed by atoms with Crippen molar-refractivity contribution in [3.05, 3.63) is 30.1 Å². The minimum atomic E-state index is -0.197. The van der Waals surface area contributed by atoms with Crippen molar-refractivity contribution in [2.24, 2.45) is 0 Å². The van der Waals surface area contributed by atoms with E-state index in [-0.39, 0.29) is 5.91 Å². The average Bonchev–Trinajstić information content (AvgIpc) is 2.83. The highest BCUT2D eigenvalue weighted by Gasteiger charge is 2.08. The largest absolute Gasteiger partial charge is 0.370 e. The van der Waals surface area contributed by atoms with E-state index in [1.54, 1.807) is 18.3 Å². The lowest BCUT2D eigenvalue weighted by atomic mass is 10.2. The van der Waals surface area contributed by atoms with Crippen LogP contribution in [0.4, 0.5) is 10.8 Å². The van der Waals surface area contributed by atoms with Gasteiger partial charge in [0, 0.05) is 29.8 Å². The lowest BCUT2D eigenvalue weighted by Crippen LogP contribution is -2.11. The summed E-state index contributed by atoms with van der Waals surface area (Å²) in [7, 11) is 0. The van der Waals surface area contributed by atoms with Crippen LogP contribution in [0.25, 0.3) is 0 Å². The molecule has 2 N–H and O–H groups in total. The molecular formula is C10H11N5OS. The Morgan fingerprint density at radius 1 is 1.53 bits per heavy atom. The first-order valence-corrected chi connectivity index (χ1v) is 5.85. The predicted octanol–water partition coefficient (Wildman–Crippen LogP) is 1.62. The zero-order valence-corrected chi connectivity index (χ0v) is 9.99. The van der Waals surface area contributed by atoms with Gasteiger partial charge in [0.05, 0.1) is 6.20 Å². The van der Waals surface area contributed by atoms with Crippen LogP contribution in [0.15, 0.2) is 24.5 Å². The number of aromatic nitrogens is 3. The summed E-state index contributed by atoms with van der Waals surface area (Å²) in [5.41, 5.74) is 0.546. The Morgan fingerprint density at radius 2 is 2.41 bits per heavy atom. The van der Waals surface area contributed by atoms with E-state index < -0.39 is 0 Å². The van der Waals surface area contributed by atoms with Gasteiger partial charge in [-0.1, -0.05) is 4.49 Å². The molecule has 0 aliphatic rings. The van der Waals surface area contributed by atoms with Gasteiger partial charge in [0.25, 0.3) is 5.91 Å². The Morgan fingerprint density at radius 3 is 3.12 bits per heavy atom. The number of amides is 1. The van der Waals surface area contributed by atoms with Gasteiger partial charge in [-0.05, 0) is 19.1 Å². The smallest absolute Gasteiger partial charge is 0.256 e. The maximum atomic E-state index is 11.9. The van der Waals surface area contributed by atoms with Crippen LogP contribution in [-0.2, 0) is 0 Å². The number of nitrogens with one attached hydrogen (secondary N) is 2. The van der Waals surface area contributed by atoms with Crippen LogP contribution in [0.3, 0.4) is 0 Å². The summed E-state index contributed by atoms with van der Waals surface area (Å²) in [5, 5.41) is 10.0. The van der Waals surface area contributed by atoms with E-state index in [1.807, 2.05) is 6.92 Å². The van der Waals surface area contributed by atoms with Crippen LogP contribution in [0.1, 0.15) is 17.3 Å². The molecule has 0 fully saturated rings. The van der Waals surface area contributed by atoms with Gasteiger partial charge < -0.3 is 10.6 Å². The fourth-order valence-corrected chi connectivity index (χ4v) is 1.67. The fourth-order valence-electron chi connectivity index (χ4n) is 1.26. The Balaban J connectivity index is 2.11. The molecule has 2 rings (SSSR count). The number of hydrogen-bond donors (Lipinski definition) is 2. The van der Waals surface area contributed by atoms with E-state index in [0.717, 1.165) is 18.1 Å². The molecule has 0 radical (unpaired) electrons. The molecule has 2 aromatic rings. The second-order valence-electron chi connectivity index (χ2n) is 3.20. The molecule has 0 unspecified atom stereocenters. The second kappa shape index (κ2) is 5.35. The molecule has 0 aliphatic carbocycles. The van der Waals surface area contributed by atoms with Crippen LogP contribution in [0.2, 0.25) is 0 Å². The Labute approximate surface area is 102 Å². The molecule has 6 nitrogen and oxygen atoms in total. The van der Waals surface area contributed by atoms with Gasteiger partial charge in [0.1, 0.15) is 10.8 Å². The predicted molar refractivity (Wildman–Crippen MR) is 66.3 cm³/mol. The average molecular weight is 249 g/mol. The number of carbonyl (C=O) groups is 1. The lowest BCUT2D eigenvalue weighted by molar-refractivity contribution is 0.102. The molecule has 0 bridgehead atoms. The summed E-state index contributed by atoms with van der Waals surface area (Å²) in [4.78, 5) is 15.9. The fraction of sp³-hybridized carbons (Fsp3) is 0.200. The standard InChI is InChI=1S/C10H11N5OS/c1-2-11-8-5-7(3-4-12-8)10(16)14-9-6-13-15-17-9/h3-6H,2H2,1H3,(H,11,12)(H,14,16). The van der Waals surface area contributed by atoms with Crippen molar-refractivity contribution in [2.45, 2.75) is 6.92 Å². The quantitative estimate of drug-likeness (QED) is 0.860. The highest BCUT2D eigenvalue weighted by Crippen LogP contribution is 2.13. The molecule has 2 heterocycles. The third-order valence-corrected chi connectivity index (χ3v) is 2.56. The maximum absolute atomic E-state index is 11.9. The van der Waals surface area contributed by atoms with Gasteiger partial charge >= 0.3 is 0 Å². The van der Waals surface area contributed by atoms with Crippen LogP contribution in [-0.4, -0.2) is 27.0 Å². The third-order valence-electron chi connectivity index (χ3n) is 1.98. The summed E-state index contributed by atoms with van der Waals surface area (Å²) < 4.78 is 3.67. The molecule has 17 heavy (non-hydrogen) atoms. The van der Waals surface area contributed by atoms with Gasteiger partial charge in [-0.2, -0.15) is 0 Å². The van der Waals surface area contributed by atoms with Crippen molar-refractivity contribution in [1.29, 1.82) is 0 Å². The minimum absolute atomic E-state index is 0.197. The number of anilines is 2. The van der Waals surface area contributed by atoms with Gasteiger partial charge in [0.15, 0.2) is 0 Å². The Hall–Kier alpha value is -2.02. The highest BCUT2D eigenvalue weighted by atomic mass is 32.1. The SMILES string of the molecule is CCNc1cc(C(=O)Nc2cnns2)ccn1. The zero-order chi connectivity index (χ0) is 12.1. The summed E-state index contributed by atoms with van der Waals surface area (Å²) >= 11 is 1.14. The summed E-state index contributed by atoms with van der Waals surface area (Å²) in [6.45, 7) is 2.73. The second-order valence-corrected chi connectivity index (χ2v) is 3.98. The molecular weight excluding hydrogens is 238 g/mol. The van der Waals surface area contributed by atoms with Crippen molar-refractivity contribution in [3.63, 3.8) is 0 Å². The van der Waals surface area contributed by atoms with E-state index in [0.29, 0.717) is 16.4 Å². The molecule has 0 atom stereocenters. The number of pyridine rings is 1. The normalized spacial score (nSPS) is 9.94. The summed E-state index contributed by atoms with van der Waals surface area (Å²) in [6.07, 6.45) is 3.10. The molecule has 7 heteroatoms. The van der Waals surface area contributed by atoms with Crippen LogP contribution >= 0.6 is 11.5 Å². The number of rotatable bonds is 4. The number of hydrogen-bond acceptors (Lipinski definition) is 6. The third kappa shape index (κ3) is 2.97. The Kier molecular flexibility index (Phi) is 3.61.